The molecule has 2 aromatic carbocycles. The van der Waals surface area contributed by atoms with Crippen LogP contribution in [0.4, 0.5) is 0 Å². The summed E-state index contributed by atoms with van der Waals surface area (Å²) in [5.41, 5.74) is 2.51. The number of amides is 1. The number of hydrogen-bond donors (Lipinski definition) is 1. The molecule has 1 fully saturated rings. The quantitative estimate of drug-likeness (QED) is 0.877. The van der Waals surface area contributed by atoms with E-state index in [4.69, 9.17) is 0 Å². The minimum Gasteiger partial charge on any atom is -0.339 e. The lowest BCUT2D eigenvalue weighted by Crippen LogP contribution is -2.35. The smallest absolute Gasteiger partial charge is 0.253 e. The lowest BCUT2D eigenvalue weighted by Gasteiger charge is -2.26. The molecule has 1 amide bonds. The number of hydrogen-bond acceptors (Lipinski definition) is 3. The molecule has 0 aliphatic carbocycles. The second kappa shape index (κ2) is 8.01. The van der Waals surface area contributed by atoms with Gasteiger partial charge in [0.2, 0.25) is 10.0 Å². The SMILES string of the molecule is Cc1ccccc1CNS(=O)(=O)c1ccc(C(=O)N2CCCCC2)cc1. The first-order valence-corrected chi connectivity index (χ1v) is 10.4. The van der Waals surface area contributed by atoms with Crippen LogP contribution in [0, 0.1) is 6.92 Å². The molecule has 2 aromatic rings. The Morgan fingerprint density at radius 1 is 1.00 bits per heavy atom. The van der Waals surface area contributed by atoms with Crippen LogP contribution >= 0.6 is 0 Å². The average Bonchev–Trinajstić information content (AvgIpc) is 2.67. The van der Waals surface area contributed by atoms with Crippen molar-refractivity contribution in [3.05, 3.63) is 65.2 Å². The molecule has 3 rings (SSSR count). The first kappa shape index (κ1) is 18.6. The summed E-state index contributed by atoms with van der Waals surface area (Å²) in [5.74, 6) is -0.0264. The first-order chi connectivity index (χ1) is 12.5. The number of nitrogens with zero attached hydrogens (tertiary/aromatic N) is 1. The van der Waals surface area contributed by atoms with E-state index in [0.717, 1.165) is 43.5 Å². The highest BCUT2D eigenvalue weighted by Gasteiger charge is 2.19. The van der Waals surface area contributed by atoms with Crippen molar-refractivity contribution in [1.82, 2.24) is 9.62 Å². The standard InChI is InChI=1S/C20H24N2O3S/c1-16-7-3-4-8-18(16)15-21-26(24,25)19-11-9-17(10-12-19)20(23)22-13-5-2-6-14-22/h3-4,7-12,21H,2,5-6,13-15H2,1H3. The topological polar surface area (TPSA) is 66.5 Å². The fourth-order valence-corrected chi connectivity index (χ4v) is 4.13. The number of sulfonamides is 1. The van der Waals surface area contributed by atoms with Crippen LogP contribution < -0.4 is 4.72 Å². The number of carbonyl (C=O) groups excluding carboxylic acids is 1. The molecule has 1 heterocycles. The maximum absolute atomic E-state index is 12.5. The van der Waals surface area contributed by atoms with Gasteiger partial charge in [-0.15, -0.1) is 0 Å². The van der Waals surface area contributed by atoms with Crippen LogP contribution in [0.15, 0.2) is 53.4 Å². The van der Waals surface area contributed by atoms with Gasteiger partial charge in [0, 0.05) is 25.2 Å². The first-order valence-electron chi connectivity index (χ1n) is 8.91. The molecule has 0 bridgehead atoms. The summed E-state index contributed by atoms with van der Waals surface area (Å²) in [7, 11) is -3.62. The summed E-state index contributed by atoms with van der Waals surface area (Å²) in [5, 5.41) is 0. The zero-order chi connectivity index (χ0) is 18.6. The molecule has 0 spiro atoms. The molecule has 0 aromatic heterocycles. The molecule has 0 atom stereocenters. The summed E-state index contributed by atoms with van der Waals surface area (Å²) < 4.78 is 27.6. The maximum atomic E-state index is 12.5. The number of carbonyl (C=O) groups is 1. The second-order valence-corrected chi connectivity index (χ2v) is 8.40. The van der Waals surface area contributed by atoms with Crippen LogP contribution in [0.1, 0.15) is 40.7 Å². The molecule has 6 heteroatoms. The molecule has 0 saturated carbocycles. The van der Waals surface area contributed by atoms with E-state index in [1.54, 1.807) is 12.1 Å². The Balaban J connectivity index is 1.68. The van der Waals surface area contributed by atoms with Crippen molar-refractivity contribution in [3.63, 3.8) is 0 Å². The van der Waals surface area contributed by atoms with E-state index in [1.807, 2.05) is 36.1 Å². The zero-order valence-corrected chi connectivity index (χ0v) is 15.8. The van der Waals surface area contributed by atoms with Gasteiger partial charge in [0.15, 0.2) is 0 Å². The lowest BCUT2D eigenvalue weighted by atomic mass is 10.1. The number of nitrogens with one attached hydrogen (secondary N) is 1. The van der Waals surface area contributed by atoms with Gasteiger partial charge < -0.3 is 4.90 Å². The fraction of sp³-hybridized carbons (Fsp3) is 0.350. The van der Waals surface area contributed by atoms with E-state index in [1.165, 1.54) is 12.1 Å². The Kier molecular flexibility index (Phi) is 5.74. The monoisotopic (exact) mass is 372 g/mol. The third-order valence-electron chi connectivity index (χ3n) is 4.77. The number of aryl methyl sites for hydroxylation is 1. The van der Waals surface area contributed by atoms with Crippen LogP contribution in [-0.2, 0) is 16.6 Å². The highest BCUT2D eigenvalue weighted by molar-refractivity contribution is 7.89. The highest BCUT2D eigenvalue weighted by Crippen LogP contribution is 2.16. The molecule has 0 radical (unpaired) electrons. The zero-order valence-electron chi connectivity index (χ0n) is 14.9. The molecule has 0 unspecified atom stereocenters. The Morgan fingerprint density at radius 3 is 2.31 bits per heavy atom. The molecule has 26 heavy (non-hydrogen) atoms. The van der Waals surface area contributed by atoms with Crippen molar-refractivity contribution >= 4 is 15.9 Å². The van der Waals surface area contributed by atoms with Gasteiger partial charge in [0.05, 0.1) is 4.90 Å². The third-order valence-corrected chi connectivity index (χ3v) is 6.19. The summed E-state index contributed by atoms with van der Waals surface area (Å²) >= 11 is 0. The van der Waals surface area contributed by atoms with Crippen molar-refractivity contribution in [3.8, 4) is 0 Å². The average molecular weight is 372 g/mol. The fourth-order valence-electron chi connectivity index (χ4n) is 3.12. The Bertz CT molecular complexity index is 870. The van der Waals surface area contributed by atoms with Crippen LogP contribution in [0.2, 0.25) is 0 Å². The minimum atomic E-state index is -3.62. The van der Waals surface area contributed by atoms with E-state index < -0.39 is 10.0 Å². The van der Waals surface area contributed by atoms with Crippen LogP contribution in [0.5, 0.6) is 0 Å². The molecular weight excluding hydrogens is 348 g/mol. The van der Waals surface area contributed by atoms with E-state index in [-0.39, 0.29) is 17.3 Å². The van der Waals surface area contributed by atoms with E-state index in [0.29, 0.717) is 5.56 Å². The Hall–Kier alpha value is -2.18. The highest BCUT2D eigenvalue weighted by atomic mass is 32.2. The summed E-state index contributed by atoms with van der Waals surface area (Å²) in [6.07, 6.45) is 3.22. The van der Waals surface area contributed by atoms with E-state index in [2.05, 4.69) is 4.72 Å². The maximum Gasteiger partial charge on any atom is 0.253 e. The summed E-state index contributed by atoms with van der Waals surface area (Å²) in [6, 6.07) is 13.8. The molecule has 1 N–H and O–H groups in total. The van der Waals surface area contributed by atoms with Gasteiger partial charge >= 0.3 is 0 Å². The molecule has 1 aliphatic heterocycles. The van der Waals surface area contributed by atoms with Crippen LogP contribution in [0.3, 0.4) is 0 Å². The summed E-state index contributed by atoms with van der Waals surface area (Å²) in [4.78, 5) is 14.5. The number of benzene rings is 2. The van der Waals surface area contributed by atoms with Crippen molar-refractivity contribution in [2.24, 2.45) is 0 Å². The van der Waals surface area contributed by atoms with Crippen molar-refractivity contribution in [1.29, 1.82) is 0 Å². The molecule has 1 aliphatic rings. The van der Waals surface area contributed by atoms with Crippen molar-refractivity contribution in [2.75, 3.05) is 13.1 Å². The molecular formula is C20H24N2O3S. The van der Waals surface area contributed by atoms with E-state index >= 15 is 0 Å². The normalized spacial score (nSPS) is 15.0. The Labute approximate surface area is 155 Å². The van der Waals surface area contributed by atoms with Crippen molar-refractivity contribution in [2.45, 2.75) is 37.6 Å². The van der Waals surface area contributed by atoms with Gasteiger partial charge in [0.1, 0.15) is 0 Å². The van der Waals surface area contributed by atoms with Gasteiger partial charge in [-0.1, -0.05) is 24.3 Å². The Morgan fingerprint density at radius 2 is 1.65 bits per heavy atom. The van der Waals surface area contributed by atoms with Crippen molar-refractivity contribution < 1.29 is 13.2 Å². The molecule has 5 nitrogen and oxygen atoms in total. The van der Waals surface area contributed by atoms with Gasteiger partial charge in [-0.2, -0.15) is 0 Å². The lowest BCUT2D eigenvalue weighted by molar-refractivity contribution is 0.0724. The third kappa shape index (κ3) is 4.31. The predicted molar refractivity (Wildman–Crippen MR) is 101 cm³/mol. The second-order valence-electron chi connectivity index (χ2n) is 6.63. The van der Waals surface area contributed by atoms with Gasteiger partial charge in [0.25, 0.3) is 5.91 Å². The van der Waals surface area contributed by atoms with Crippen LogP contribution in [0.25, 0.3) is 0 Å². The number of likely N-dealkylation sites (tertiary alicyclic amines) is 1. The minimum absolute atomic E-state index is 0.0264. The molecule has 138 valence electrons. The largest absolute Gasteiger partial charge is 0.339 e. The van der Waals surface area contributed by atoms with Gasteiger partial charge in [-0.25, -0.2) is 13.1 Å². The molecule has 1 saturated heterocycles. The van der Waals surface area contributed by atoms with E-state index in [9.17, 15) is 13.2 Å². The summed E-state index contributed by atoms with van der Waals surface area (Å²) in [6.45, 7) is 3.74. The van der Waals surface area contributed by atoms with Crippen LogP contribution in [-0.4, -0.2) is 32.3 Å². The number of rotatable bonds is 5. The van der Waals surface area contributed by atoms with Gasteiger partial charge in [-0.05, 0) is 61.6 Å². The number of piperidine rings is 1. The predicted octanol–water partition coefficient (Wildman–Crippen LogP) is 3.10. The van der Waals surface area contributed by atoms with Gasteiger partial charge in [-0.3, -0.25) is 4.79 Å².